The van der Waals surface area contributed by atoms with Gasteiger partial charge in [-0.15, -0.1) is 0 Å². The van der Waals surface area contributed by atoms with Crippen molar-refractivity contribution in [1.82, 2.24) is 0 Å². The van der Waals surface area contributed by atoms with Crippen LogP contribution in [-0.2, 0) is 4.74 Å². The van der Waals surface area contributed by atoms with E-state index in [4.69, 9.17) is 14.7 Å². The highest BCUT2D eigenvalue weighted by atomic mass is 16.5. The normalized spacial score (nSPS) is 20.1. The molecule has 0 aliphatic carbocycles. The molecule has 0 aromatic heterocycles. The van der Waals surface area contributed by atoms with Crippen molar-refractivity contribution < 1.29 is 14.7 Å². The number of nitrogens with zero attached hydrogens (tertiary/aromatic N) is 1. The van der Waals surface area contributed by atoms with Gasteiger partial charge in [-0.3, -0.25) is 0 Å². The second-order valence-electron chi connectivity index (χ2n) is 4.48. The van der Waals surface area contributed by atoms with Gasteiger partial charge in [0, 0.05) is 13.0 Å². The monoisotopic (exact) mass is 249 g/mol. The summed E-state index contributed by atoms with van der Waals surface area (Å²) in [5, 5.41) is 11.8. The van der Waals surface area contributed by atoms with Gasteiger partial charge in [0.1, 0.15) is 5.75 Å². The molecule has 1 fully saturated rings. The first-order valence-electron chi connectivity index (χ1n) is 6.33. The molecule has 1 aromatic carbocycles. The topological polar surface area (TPSA) is 51.1 Å². The Morgan fingerprint density at radius 3 is 2.83 bits per heavy atom. The molecule has 1 N–H and O–H groups in total. The van der Waals surface area contributed by atoms with Crippen LogP contribution in [0.4, 0.5) is 0 Å². The molecule has 18 heavy (non-hydrogen) atoms. The van der Waals surface area contributed by atoms with E-state index in [0.29, 0.717) is 18.4 Å². The van der Waals surface area contributed by atoms with E-state index in [2.05, 4.69) is 5.16 Å². The van der Waals surface area contributed by atoms with Gasteiger partial charge in [-0.2, -0.15) is 0 Å². The maximum Gasteiger partial charge on any atom is 0.119 e. The van der Waals surface area contributed by atoms with Crippen LogP contribution in [0.25, 0.3) is 0 Å². The lowest BCUT2D eigenvalue weighted by Gasteiger charge is -2.10. The predicted molar refractivity (Wildman–Crippen MR) is 69.5 cm³/mol. The second-order valence-corrected chi connectivity index (χ2v) is 4.48. The maximum atomic E-state index is 8.66. The van der Waals surface area contributed by atoms with Crippen LogP contribution in [-0.4, -0.2) is 30.2 Å². The van der Waals surface area contributed by atoms with Gasteiger partial charge in [-0.25, -0.2) is 0 Å². The summed E-state index contributed by atoms with van der Waals surface area (Å²) in [6.07, 6.45) is 3.62. The standard InChI is InChI=1S/C14H19NO3/c1-11(15-16)12-4-6-14(7-5-12)18-10-8-13-3-2-9-17-13/h4-7,13,16H,2-3,8-10H2,1H3. The Morgan fingerprint density at radius 2 is 2.22 bits per heavy atom. The minimum Gasteiger partial charge on any atom is -0.493 e. The van der Waals surface area contributed by atoms with Crippen molar-refractivity contribution >= 4 is 5.71 Å². The quantitative estimate of drug-likeness (QED) is 0.496. The first-order valence-corrected chi connectivity index (χ1v) is 6.33. The fraction of sp³-hybridized carbons (Fsp3) is 0.500. The molecule has 4 nitrogen and oxygen atoms in total. The van der Waals surface area contributed by atoms with Crippen LogP contribution in [0.2, 0.25) is 0 Å². The Bertz CT molecular complexity index is 394. The van der Waals surface area contributed by atoms with Crippen molar-refractivity contribution in [2.45, 2.75) is 32.3 Å². The fourth-order valence-corrected chi connectivity index (χ4v) is 2.03. The lowest BCUT2D eigenvalue weighted by Crippen LogP contribution is -2.10. The Balaban J connectivity index is 1.79. The van der Waals surface area contributed by atoms with Crippen LogP contribution in [0, 0.1) is 0 Å². The highest BCUT2D eigenvalue weighted by Gasteiger charge is 2.14. The smallest absolute Gasteiger partial charge is 0.119 e. The Kier molecular flexibility index (Phi) is 4.59. The van der Waals surface area contributed by atoms with Crippen molar-refractivity contribution in [3.05, 3.63) is 29.8 Å². The summed E-state index contributed by atoms with van der Waals surface area (Å²) in [4.78, 5) is 0. The van der Waals surface area contributed by atoms with Crippen LogP contribution >= 0.6 is 0 Å². The summed E-state index contributed by atoms with van der Waals surface area (Å²) in [7, 11) is 0. The SMILES string of the molecule is CC(=NO)c1ccc(OCCC2CCCO2)cc1. The molecule has 1 aliphatic rings. The van der Waals surface area contributed by atoms with Gasteiger partial charge in [0.15, 0.2) is 0 Å². The molecule has 0 spiro atoms. The van der Waals surface area contributed by atoms with Crippen LogP contribution in [0.15, 0.2) is 29.4 Å². The maximum absolute atomic E-state index is 8.66. The van der Waals surface area contributed by atoms with Crippen molar-refractivity contribution in [2.24, 2.45) is 5.16 Å². The predicted octanol–water partition coefficient (Wildman–Crippen LogP) is 2.83. The van der Waals surface area contributed by atoms with Gasteiger partial charge < -0.3 is 14.7 Å². The second kappa shape index (κ2) is 6.40. The van der Waals surface area contributed by atoms with Crippen LogP contribution in [0.1, 0.15) is 31.7 Å². The summed E-state index contributed by atoms with van der Waals surface area (Å²) in [5.74, 6) is 0.836. The zero-order valence-corrected chi connectivity index (χ0v) is 10.6. The number of oxime groups is 1. The van der Waals surface area contributed by atoms with Gasteiger partial charge in [-0.05, 0) is 49.6 Å². The Hall–Kier alpha value is -1.55. The molecular formula is C14H19NO3. The summed E-state index contributed by atoms with van der Waals surface area (Å²) >= 11 is 0. The van der Waals surface area contributed by atoms with Crippen LogP contribution in [0.3, 0.4) is 0 Å². The molecule has 1 aromatic rings. The van der Waals surface area contributed by atoms with Crippen LogP contribution in [0.5, 0.6) is 5.75 Å². The minimum atomic E-state index is 0.369. The van der Waals surface area contributed by atoms with Crippen LogP contribution < -0.4 is 4.74 Å². The molecule has 1 saturated heterocycles. The third kappa shape index (κ3) is 3.47. The zero-order chi connectivity index (χ0) is 12.8. The van der Waals surface area contributed by atoms with E-state index in [1.165, 1.54) is 6.42 Å². The van der Waals surface area contributed by atoms with E-state index in [1.807, 2.05) is 24.3 Å². The first-order chi connectivity index (χ1) is 8.79. The minimum absolute atomic E-state index is 0.369. The Labute approximate surface area is 107 Å². The van der Waals surface area contributed by atoms with E-state index in [-0.39, 0.29) is 0 Å². The van der Waals surface area contributed by atoms with Gasteiger partial charge in [0.25, 0.3) is 0 Å². The average Bonchev–Trinajstić information content (AvgIpc) is 2.92. The average molecular weight is 249 g/mol. The van der Waals surface area contributed by atoms with Crippen molar-refractivity contribution in [1.29, 1.82) is 0 Å². The first kappa shape index (κ1) is 12.9. The van der Waals surface area contributed by atoms with E-state index in [0.717, 1.165) is 30.8 Å². The van der Waals surface area contributed by atoms with E-state index in [9.17, 15) is 0 Å². The molecule has 1 unspecified atom stereocenters. The lowest BCUT2D eigenvalue weighted by atomic mass is 10.1. The number of rotatable bonds is 5. The highest BCUT2D eigenvalue weighted by Crippen LogP contribution is 2.17. The highest BCUT2D eigenvalue weighted by molar-refractivity contribution is 5.98. The van der Waals surface area contributed by atoms with Crippen molar-refractivity contribution in [2.75, 3.05) is 13.2 Å². The summed E-state index contributed by atoms with van der Waals surface area (Å²) in [6, 6.07) is 7.55. The molecule has 1 aliphatic heterocycles. The summed E-state index contributed by atoms with van der Waals surface area (Å²) in [6.45, 7) is 3.32. The van der Waals surface area contributed by atoms with Gasteiger partial charge >= 0.3 is 0 Å². The lowest BCUT2D eigenvalue weighted by molar-refractivity contribution is 0.0903. The van der Waals surface area contributed by atoms with E-state index < -0.39 is 0 Å². The molecule has 0 amide bonds. The van der Waals surface area contributed by atoms with Gasteiger partial charge in [0.05, 0.1) is 18.4 Å². The molecule has 0 bridgehead atoms. The van der Waals surface area contributed by atoms with E-state index in [1.54, 1.807) is 6.92 Å². The zero-order valence-electron chi connectivity index (χ0n) is 10.6. The molecule has 1 heterocycles. The van der Waals surface area contributed by atoms with Crippen molar-refractivity contribution in [3.63, 3.8) is 0 Å². The number of hydrogen-bond donors (Lipinski definition) is 1. The van der Waals surface area contributed by atoms with Gasteiger partial charge in [-0.1, -0.05) is 5.16 Å². The molecule has 98 valence electrons. The third-order valence-electron chi connectivity index (χ3n) is 3.15. The number of hydrogen-bond acceptors (Lipinski definition) is 4. The van der Waals surface area contributed by atoms with Gasteiger partial charge in [0.2, 0.25) is 0 Å². The van der Waals surface area contributed by atoms with Crippen molar-refractivity contribution in [3.8, 4) is 5.75 Å². The molecule has 2 rings (SSSR count). The summed E-state index contributed by atoms with van der Waals surface area (Å²) in [5.41, 5.74) is 1.49. The molecule has 0 radical (unpaired) electrons. The third-order valence-corrected chi connectivity index (χ3v) is 3.15. The molecular weight excluding hydrogens is 230 g/mol. The fourth-order valence-electron chi connectivity index (χ4n) is 2.03. The number of ether oxygens (including phenoxy) is 2. The van der Waals surface area contributed by atoms with E-state index >= 15 is 0 Å². The molecule has 1 atom stereocenters. The summed E-state index contributed by atoms with van der Waals surface area (Å²) < 4.78 is 11.2. The Morgan fingerprint density at radius 1 is 1.44 bits per heavy atom. The molecule has 0 saturated carbocycles. The largest absolute Gasteiger partial charge is 0.493 e. The molecule has 4 heteroatoms. The number of benzene rings is 1.